The molecule has 1 aromatic rings. The van der Waals surface area contributed by atoms with Gasteiger partial charge in [-0.2, -0.15) is 0 Å². The standard InChI is InChI=1S/C14H17ClN2O3/c1-2-14(13(19)20)7-4-8-17(14)10-6-3-5-9(15)11(10)12(16)18/h3,5-6H,2,4,7-8H2,1H3,(H2,16,18)(H,19,20). The Balaban J connectivity index is 2.59. The Kier molecular flexibility index (Phi) is 3.90. The first-order valence-electron chi connectivity index (χ1n) is 6.53. The van der Waals surface area contributed by atoms with Gasteiger partial charge in [0.2, 0.25) is 0 Å². The van der Waals surface area contributed by atoms with Gasteiger partial charge in [-0.1, -0.05) is 24.6 Å². The van der Waals surface area contributed by atoms with Gasteiger partial charge < -0.3 is 15.7 Å². The second kappa shape index (κ2) is 5.32. The SMILES string of the molecule is CCC1(C(=O)O)CCCN1c1cccc(Cl)c1C(N)=O. The third kappa shape index (κ3) is 2.12. The number of nitrogens with two attached hydrogens (primary N) is 1. The van der Waals surface area contributed by atoms with Crippen molar-refractivity contribution in [3.63, 3.8) is 0 Å². The average Bonchev–Trinajstić information content (AvgIpc) is 2.82. The summed E-state index contributed by atoms with van der Waals surface area (Å²) in [5.41, 5.74) is 5.10. The molecule has 1 aliphatic heterocycles. The van der Waals surface area contributed by atoms with E-state index in [1.807, 2.05) is 6.92 Å². The van der Waals surface area contributed by atoms with Crippen LogP contribution >= 0.6 is 11.6 Å². The van der Waals surface area contributed by atoms with Crippen LogP contribution in [0.2, 0.25) is 5.02 Å². The number of carbonyl (C=O) groups excluding carboxylic acids is 1. The van der Waals surface area contributed by atoms with Crippen LogP contribution in [0.4, 0.5) is 5.69 Å². The topological polar surface area (TPSA) is 83.6 Å². The summed E-state index contributed by atoms with van der Waals surface area (Å²) >= 11 is 6.04. The maximum absolute atomic E-state index is 11.7. The fourth-order valence-corrected chi connectivity index (χ4v) is 3.22. The van der Waals surface area contributed by atoms with Crippen molar-refractivity contribution < 1.29 is 14.7 Å². The van der Waals surface area contributed by atoms with E-state index in [0.29, 0.717) is 25.1 Å². The van der Waals surface area contributed by atoms with Crippen molar-refractivity contribution in [3.05, 3.63) is 28.8 Å². The number of hydrogen-bond acceptors (Lipinski definition) is 3. The molecule has 20 heavy (non-hydrogen) atoms. The van der Waals surface area contributed by atoms with E-state index < -0.39 is 17.4 Å². The molecule has 3 N–H and O–H groups in total. The normalized spacial score (nSPS) is 22.0. The largest absolute Gasteiger partial charge is 0.479 e. The van der Waals surface area contributed by atoms with Crippen LogP contribution in [-0.4, -0.2) is 29.1 Å². The molecule has 6 heteroatoms. The molecular formula is C14H17ClN2O3. The van der Waals surface area contributed by atoms with Crippen molar-refractivity contribution in [2.75, 3.05) is 11.4 Å². The summed E-state index contributed by atoms with van der Waals surface area (Å²) in [5, 5.41) is 9.85. The van der Waals surface area contributed by atoms with Crippen LogP contribution in [0.5, 0.6) is 0 Å². The summed E-state index contributed by atoms with van der Waals surface area (Å²) in [5.74, 6) is -1.53. The van der Waals surface area contributed by atoms with Crippen LogP contribution in [0, 0.1) is 0 Å². The van der Waals surface area contributed by atoms with Crippen LogP contribution in [0.15, 0.2) is 18.2 Å². The molecule has 0 bridgehead atoms. The monoisotopic (exact) mass is 296 g/mol. The van der Waals surface area contributed by atoms with Gasteiger partial charge in [0.05, 0.1) is 16.3 Å². The minimum Gasteiger partial charge on any atom is -0.479 e. The van der Waals surface area contributed by atoms with Gasteiger partial charge in [0.25, 0.3) is 5.91 Å². The Labute approximate surface area is 122 Å². The number of aliphatic carboxylic acids is 1. The predicted octanol–water partition coefficient (Wildman–Crippen LogP) is 2.27. The highest BCUT2D eigenvalue weighted by Gasteiger charge is 2.47. The van der Waals surface area contributed by atoms with Crippen molar-refractivity contribution in [1.82, 2.24) is 0 Å². The van der Waals surface area contributed by atoms with E-state index in [-0.39, 0.29) is 10.6 Å². The van der Waals surface area contributed by atoms with Gasteiger partial charge in [0.1, 0.15) is 5.54 Å². The number of carboxylic acids is 1. The Morgan fingerprint density at radius 3 is 2.75 bits per heavy atom. The Morgan fingerprint density at radius 2 is 2.20 bits per heavy atom. The first-order valence-corrected chi connectivity index (χ1v) is 6.91. The summed E-state index contributed by atoms with van der Waals surface area (Å²) in [6.07, 6.45) is 1.75. The minimum absolute atomic E-state index is 0.190. The average molecular weight is 297 g/mol. The maximum atomic E-state index is 11.7. The lowest BCUT2D eigenvalue weighted by Gasteiger charge is -2.36. The highest BCUT2D eigenvalue weighted by atomic mass is 35.5. The Morgan fingerprint density at radius 1 is 1.50 bits per heavy atom. The van der Waals surface area contributed by atoms with Crippen molar-refractivity contribution >= 4 is 29.2 Å². The van der Waals surface area contributed by atoms with Gasteiger partial charge in [-0.05, 0) is 31.4 Å². The van der Waals surface area contributed by atoms with Crippen LogP contribution in [-0.2, 0) is 4.79 Å². The van der Waals surface area contributed by atoms with Crippen molar-refractivity contribution in [1.29, 1.82) is 0 Å². The van der Waals surface area contributed by atoms with E-state index in [1.54, 1.807) is 23.1 Å². The zero-order chi connectivity index (χ0) is 14.9. The van der Waals surface area contributed by atoms with E-state index in [0.717, 1.165) is 6.42 Å². The second-order valence-electron chi connectivity index (χ2n) is 4.94. The quantitative estimate of drug-likeness (QED) is 0.893. The van der Waals surface area contributed by atoms with Crippen LogP contribution < -0.4 is 10.6 Å². The molecule has 1 amide bonds. The van der Waals surface area contributed by atoms with Crippen LogP contribution in [0.3, 0.4) is 0 Å². The number of hydrogen-bond donors (Lipinski definition) is 2. The lowest BCUT2D eigenvalue weighted by molar-refractivity contribution is -0.143. The number of halogens is 1. The third-order valence-electron chi connectivity index (χ3n) is 4.00. The molecule has 1 aromatic carbocycles. The second-order valence-corrected chi connectivity index (χ2v) is 5.35. The molecule has 1 unspecified atom stereocenters. The fourth-order valence-electron chi connectivity index (χ4n) is 2.95. The molecule has 1 fully saturated rings. The molecule has 5 nitrogen and oxygen atoms in total. The lowest BCUT2D eigenvalue weighted by atomic mass is 9.92. The van der Waals surface area contributed by atoms with Gasteiger partial charge in [-0.15, -0.1) is 0 Å². The van der Waals surface area contributed by atoms with Gasteiger partial charge in [-0.3, -0.25) is 4.79 Å². The van der Waals surface area contributed by atoms with E-state index in [4.69, 9.17) is 17.3 Å². The molecule has 0 aromatic heterocycles. The van der Waals surface area contributed by atoms with Crippen molar-refractivity contribution in [2.24, 2.45) is 5.73 Å². The molecule has 1 saturated heterocycles. The number of amides is 1. The summed E-state index contributed by atoms with van der Waals surface area (Å²) in [6.45, 7) is 2.40. The highest BCUT2D eigenvalue weighted by molar-refractivity contribution is 6.34. The smallest absolute Gasteiger partial charge is 0.329 e. The van der Waals surface area contributed by atoms with Gasteiger partial charge in [0, 0.05) is 6.54 Å². The summed E-state index contributed by atoms with van der Waals surface area (Å²) < 4.78 is 0. The molecule has 0 saturated carbocycles. The van der Waals surface area contributed by atoms with Crippen LogP contribution in [0.1, 0.15) is 36.5 Å². The minimum atomic E-state index is -0.991. The third-order valence-corrected chi connectivity index (χ3v) is 4.32. The number of nitrogens with zero attached hydrogens (tertiary/aromatic N) is 1. The van der Waals surface area contributed by atoms with E-state index in [9.17, 15) is 14.7 Å². The molecule has 2 rings (SSSR count). The molecule has 0 radical (unpaired) electrons. The number of rotatable bonds is 4. The summed E-state index contributed by atoms with van der Waals surface area (Å²) in [4.78, 5) is 25.1. The molecule has 1 atom stereocenters. The van der Waals surface area contributed by atoms with Gasteiger partial charge in [-0.25, -0.2) is 4.79 Å². The molecule has 0 spiro atoms. The molecular weight excluding hydrogens is 280 g/mol. The Hall–Kier alpha value is -1.75. The van der Waals surface area contributed by atoms with E-state index >= 15 is 0 Å². The predicted molar refractivity (Wildman–Crippen MR) is 77.2 cm³/mol. The fraction of sp³-hybridized carbons (Fsp3) is 0.429. The van der Waals surface area contributed by atoms with Gasteiger partial charge >= 0.3 is 5.97 Å². The van der Waals surface area contributed by atoms with E-state index in [1.165, 1.54) is 0 Å². The number of primary amides is 1. The van der Waals surface area contributed by atoms with E-state index in [2.05, 4.69) is 0 Å². The van der Waals surface area contributed by atoms with Gasteiger partial charge in [0.15, 0.2) is 0 Å². The molecule has 0 aliphatic carbocycles. The number of anilines is 1. The number of carboxylic acid groups (broad SMARTS) is 1. The van der Waals surface area contributed by atoms with Crippen molar-refractivity contribution in [2.45, 2.75) is 31.7 Å². The molecule has 1 heterocycles. The lowest BCUT2D eigenvalue weighted by Crippen LogP contribution is -2.50. The maximum Gasteiger partial charge on any atom is 0.329 e. The summed E-state index contributed by atoms with van der Waals surface area (Å²) in [7, 11) is 0. The Bertz CT molecular complexity index is 561. The molecule has 108 valence electrons. The first-order chi connectivity index (χ1) is 9.44. The van der Waals surface area contributed by atoms with Crippen LogP contribution in [0.25, 0.3) is 0 Å². The van der Waals surface area contributed by atoms with Crippen molar-refractivity contribution in [3.8, 4) is 0 Å². The number of benzene rings is 1. The number of carbonyl (C=O) groups is 2. The molecule has 1 aliphatic rings. The zero-order valence-corrected chi connectivity index (χ0v) is 12.0. The first kappa shape index (κ1) is 14.7. The summed E-state index contributed by atoms with van der Waals surface area (Å²) in [6, 6.07) is 4.98. The highest BCUT2D eigenvalue weighted by Crippen LogP contribution is 2.40. The zero-order valence-electron chi connectivity index (χ0n) is 11.2.